The molecule has 1 aromatic heterocycles. The van der Waals surface area contributed by atoms with Crippen molar-refractivity contribution in [2.24, 2.45) is 0 Å². The molecule has 2 aromatic rings. The molecule has 1 amide bonds. The molecule has 0 bridgehead atoms. The lowest BCUT2D eigenvalue weighted by Crippen LogP contribution is -2.32. The predicted octanol–water partition coefficient (Wildman–Crippen LogP) is 2.80. The molecule has 1 saturated heterocycles. The summed E-state index contributed by atoms with van der Waals surface area (Å²) in [4.78, 5) is 28.8. The van der Waals surface area contributed by atoms with E-state index in [4.69, 9.17) is 9.15 Å². The van der Waals surface area contributed by atoms with Crippen LogP contribution in [0.2, 0.25) is 0 Å². The molecule has 1 fully saturated rings. The minimum Gasteiger partial charge on any atom is -0.507 e. The van der Waals surface area contributed by atoms with Gasteiger partial charge in [-0.2, -0.15) is 0 Å². The Balaban J connectivity index is 2.05. The molecule has 1 aliphatic heterocycles. The molecule has 29 heavy (non-hydrogen) atoms. The summed E-state index contributed by atoms with van der Waals surface area (Å²) >= 11 is 0. The third kappa shape index (κ3) is 4.02. The summed E-state index contributed by atoms with van der Waals surface area (Å²) in [5.41, 5.74) is -0.0504. The maximum atomic E-state index is 14.1. The van der Waals surface area contributed by atoms with Crippen molar-refractivity contribution in [3.8, 4) is 5.75 Å². The number of ether oxygens (including phenoxy) is 1. The highest BCUT2D eigenvalue weighted by atomic mass is 19.1. The number of carbonyl (C=O) groups is 2. The Kier molecular flexibility index (Phi) is 6.03. The summed E-state index contributed by atoms with van der Waals surface area (Å²) in [6.45, 7) is 1.03. The van der Waals surface area contributed by atoms with E-state index < -0.39 is 29.3 Å². The van der Waals surface area contributed by atoms with Gasteiger partial charge in [-0.05, 0) is 57.4 Å². The van der Waals surface area contributed by atoms with E-state index in [2.05, 4.69) is 0 Å². The standard InChI is InChI=1S/C21H23FN2O5/c1-23(2)9-5-10-24-18(16-6-4-11-29-16)17(20(26)21(24)27)19(25)13-7-8-15(28-3)14(22)12-13/h4,6-8,11-12,18,25H,5,9-10H2,1-3H3/b19-17+. The zero-order valence-corrected chi connectivity index (χ0v) is 16.5. The van der Waals surface area contributed by atoms with E-state index in [1.807, 2.05) is 19.0 Å². The van der Waals surface area contributed by atoms with Crippen molar-refractivity contribution in [2.75, 3.05) is 34.3 Å². The molecule has 1 aromatic carbocycles. The Hall–Kier alpha value is -3.13. The molecule has 8 heteroatoms. The molecule has 3 rings (SSSR count). The SMILES string of the molecule is COc1ccc(/C(O)=C2\C(=O)C(=O)N(CCCN(C)C)C2c2ccco2)cc1F. The Labute approximate surface area is 168 Å². The van der Waals surface area contributed by atoms with E-state index in [9.17, 15) is 19.1 Å². The van der Waals surface area contributed by atoms with E-state index in [0.717, 1.165) is 12.6 Å². The largest absolute Gasteiger partial charge is 0.507 e. The van der Waals surface area contributed by atoms with Crippen LogP contribution in [0.5, 0.6) is 5.75 Å². The van der Waals surface area contributed by atoms with Gasteiger partial charge >= 0.3 is 0 Å². The van der Waals surface area contributed by atoms with Crippen molar-refractivity contribution in [1.82, 2.24) is 9.80 Å². The van der Waals surface area contributed by atoms with Gasteiger partial charge in [0, 0.05) is 12.1 Å². The molecule has 0 aliphatic carbocycles. The summed E-state index contributed by atoms with van der Waals surface area (Å²) in [5.74, 6) is -2.34. The number of halogens is 1. The van der Waals surface area contributed by atoms with Crippen LogP contribution < -0.4 is 4.74 Å². The third-order valence-electron chi connectivity index (χ3n) is 4.78. The van der Waals surface area contributed by atoms with Gasteiger partial charge in [-0.3, -0.25) is 9.59 Å². The second kappa shape index (κ2) is 8.48. The number of methoxy groups -OCH3 is 1. The van der Waals surface area contributed by atoms with Crippen molar-refractivity contribution >= 4 is 17.4 Å². The van der Waals surface area contributed by atoms with Gasteiger partial charge in [0.05, 0.1) is 18.9 Å². The molecule has 1 unspecified atom stereocenters. The number of aliphatic hydroxyl groups excluding tert-OH is 1. The molecular weight excluding hydrogens is 379 g/mol. The van der Waals surface area contributed by atoms with Gasteiger partial charge in [0.15, 0.2) is 11.6 Å². The normalized spacial score (nSPS) is 18.7. The summed E-state index contributed by atoms with van der Waals surface area (Å²) in [5, 5.41) is 10.8. The van der Waals surface area contributed by atoms with Crippen molar-refractivity contribution < 1.29 is 28.2 Å². The molecular formula is C21H23FN2O5. The molecule has 0 radical (unpaired) electrons. The average Bonchev–Trinajstić information content (AvgIpc) is 3.29. The number of benzene rings is 1. The summed E-state index contributed by atoms with van der Waals surface area (Å²) in [7, 11) is 5.15. The summed E-state index contributed by atoms with van der Waals surface area (Å²) in [6.07, 6.45) is 2.07. The highest BCUT2D eigenvalue weighted by molar-refractivity contribution is 6.46. The molecule has 0 saturated carbocycles. The topological polar surface area (TPSA) is 83.2 Å². The molecule has 1 atom stereocenters. The van der Waals surface area contributed by atoms with Crippen molar-refractivity contribution in [3.05, 3.63) is 59.3 Å². The van der Waals surface area contributed by atoms with Crippen molar-refractivity contribution in [2.45, 2.75) is 12.5 Å². The molecule has 1 aliphatic rings. The number of nitrogens with zero attached hydrogens (tertiary/aromatic N) is 2. The van der Waals surface area contributed by atoms with E-state index in [0.29, 0.717) is 18.7 Å². The summed E-state index contributed by atoms with van der Waals surface area (Å²) < 4.78 is 24.5. The zero-order valence-electron chi connectivity index (χ0n) is 16.5. The maximum absolute atomic E-state index is 14.1. The van der Waals surface area contributed by atoms with E-state index >= 15 is 0 Å². The van der Waals surface area contributed by atoms with Gasteiger partial charge in [0.1, 0.15) is 17.6 Å². The number of likely N-dealkylation sites (tertiary alicyclic amines) is 1. The average molecular weight is 402 g/mol. The van der Waals surface area contributed by atoms with Gasteiger partial charge < -0.3 is 24.1 Å². The van der Waals surface area contributed by atoms with Crippen LogP contribution in [0.15, 0.2) is 46.6 Å². The third-order valence-corrected chi connectivity index (χ3v) is 4.78. The van der Waals surface area contributed by atoms with Crippen molar-refractivity contribution in [3.63, 3.8) is 0 Å². The zero-order chi connectivity index (χ0) is 21.1. The number of rotatable bonds is 7. The number of amides is 1. The number of hydrogen-bond donors (Lipinski definition) is 1. The molecule has 7 nitrogen and oxygen atoms in total. The molecule has 1 N–H and O–H groups in total. The number of ketones is 1. The lowest BCUT2D eigenvalue weighted by molar-refractivity contribution is -0.140. The van der Waals surface area contributed by atoms with E-state index in [1.165, 1.54) is 30.4 Å². The first-order valence-corrected chi connectivity index (χ1v) is 9.15. The lowest BCUT2D eigenvalue weighted by atomic mass is 9.99. The van der Waals surface area contributed by atoms with Crippen LogP contribution in [-0.2, 0) is 9.59 Å². The Bertz CT molecular complexity index is 937. The predicted molar refractivity (Wildman–Crippen MR) is 104 cm³/mol. The Morgan fingerprint density at radius 3 is 2.66 bits per heavy atom. The van der Waals surface area contributed by atoms with Crippen LogP contribution in [0, 0.1) is 5.82 Å². The minimum absolute atomic E-state index is 0.00766. The van der Waals surface area contributed by atoms with Crippen molar-refractivity contribution in [1.29, 1.82) is 0 Å². The quantitative estimate of drug-likeness (QED) is 0.436. The van der Waals surface area contributed by atoms with E-state index in [1.54, 1.807) is 12.1 Å². The van der Waals surface area contributed by atoms with Crippen LogP contribution in [0.25, 0.3) is 5.76 Å². The lowest BCUT2D eigenvalue weighted by Gasteiger charge is -2.24. The van der Waals surface area contributed by atoms with Crippen LogP contribution in [0.1, 0.15) is 23.8 Å². The van der Waals surface area contributed by atoms with Crippen LogP contribution in [0.3, 0.4) is 0 Å². The second-order valence-corrected chi connectivity index (χ2v) is 7.01. The van der Waals surface area contributed by atoms with Gasteiger partial charge in [-0.1, -0.05) is 0 Å². The van der Waals surface area contributed by atoms with Gasteiger partial charge in [0.2, 0.25) is 0 Å². The molecule has 0 spiro atoms. The first-order chi connectivity index (χ1) is 13.8. The molecule has 154 valence electrons. The van der Waals surface area contributed by atoms with Gasteiger partial charge in [0.25, 0.3) is 11.7 Å². The highest BCUT2D eigenvalue weighted by Gasteiger charge is 2.47. The number of furan rings is 1. The second-order valence-electron chi connectivity index (χ2n) is 7.01. The van der Waals surface area contributed by atoms with Crippen LogP contribution in [0.4, 0.5) is 4.39 Å². The number of Topliss-reactive ketones (excluding diaryl/α,β-unsaturated/α-hetero) is 1. The van der Waals surface area contributed by atoms with Crippen LogP contribution >= 0.6 is 0 Å². The first-order valence-electron chi connectivity index (χ1n) is 9.15. The Morgan fingerprint density at radius 2 is 2.07 bits per heavy atom. The number of hydrogen-bond acceptors (Lipinski definition) is 6. The first kappa shape index (κ1) is 20.6. The molecule has 2 heterocycles. The number of aliphatic hydroxyl groups is 1. The van der Waals surface area contributed by atoms with Crippen LogP contribution in [-0.4, -0.2) is 60.9 Å². The monoisotopic (exact) mass is 402 g/mol. The fourth-order valence-corrected chi connectivity index (χ4v) is 3.38. The number of carbonyl (C=O) groups excluding carboxylic acids is 2. The van der Waals surface area contributed by atoms with Gasteiger partial charge in [-0.15, -0.1) is 0 Å². The minimum atomic E-state index is -0.877. The fraction of sp³-hybridized carbons (Fsp3) is 0.333. The smallest absolute Gasteiger partial charge is 0.295 e. The summed E-state index contributed by atoms with van der Waals surface area (Å²) in [6, 6.07) is 6.24. The van der Waals surface area contributed by atoms with E-state index in [-0.39, 0.29) is 16.9 Å². The fourth-order valence-electron chi connectivity index (χ4n) is 3.38. The van der Waals surface area contributed by atoms with Gasteiger partial charge in [-0.25, -0.2) is 4.39 Å². The maximum Gasteiger partial charge on any atom is 0.295 e. The highest BCUT2D eigenvalue weighted by Crippen LogP contribution is 2.40. The Morgan fingerprint density at radius 1 is 1.31 bits per heavy atom.